The van der Waals surface area contributed by atoms with Crippen LogP contribution in [0.3, 0.4) is 0 Å². The van der Waals surface area contributed by atoms with Gasteiger partial charge in [0.25, 0.3) is 0 Å². The van der Waals surface area contributed by atoms with Crippen molar-refractivity contribution in [3.05, 3.63) is 29.0 Å². The predicted octanol–water partition coefficient (Wildman–Crippen LogP) is 5.73. The summed E-state index contributed by atoms with van der Waals surface area (Å²) in [4.78, 5) is 0. The van der Waals surface area contributed by atoms with E-state index in [2.05, 4.69) is 39.2 Å². The number of aromatic hydroxyl groups is 1. The molecule has 0 saturated carbocycles. The van der Waals surface area contributed by atoms with Crippen LogP contribution in [0.2, 0.25) is 0 Å². The van der Waals surface area contributed by atoms with E-state index in [4.69, 9.17) is 4.42 Å². The van der Waals surface area contributed by atoms with E-state index in [0.29, 0.717) is 34.1 Å². The first-order valence-electron chi connectivity index (χ1n) is 10.8. The monoisotopic (exact) mass is 509 g/mol. The van der Waals surface area contributed by atoms with E-state index in [-0.39, 0.29) is 5.75 Å². The van der Waals surface area contributed by atoms with E-state index < -0.39 is 11.0 Å². The molecular weight excluding hydrogens is 478 g/mol. The van der Waals surface area contributed by atoms with E-state index in [9.17, 15) is 9.32 Å². The van der Waals surface area contributed by atoms with Gasteiger partial charge in [0.2, 0.25) is 0 Å². The molecular formula is C22H31N5O3S3. The van der Waals surface area contributed by atoms with Crippen LogP contribution in [0.5, 0.6) is 5.75 Å². The summed E-state index contributed by atoms with van der Waals surface area (Å²) in [5.41, 5.74) is 0.482. The molecule has 3 N–H and O–H groups in total. The lowest BCUT2D eigenvalue weighted by atomic mass is 10.2. The Balaban J connectivity index is 0.000000914. The lowest BCUT2D eigenvalue weighted by molar-refractivity contribution is 0.403. The minimum atomic E-state index is -1.36. The number of nitrogens with zero attached hydrogens (tertiary/aromatic N) is 3. The fourth-order valence-electron chi connectivity index (χ4n) is 3.35. The van der Waals surface area contributed by atoms with Crippen molar-refractivity contribution in [2.24, 2.45) is 0 Å². The third-order valence-corrected chi connectivity index (χ3v) is 8.29. The van der Waals surface area contributed by atoms with E-state index in [0.717, 1.165) is 49.1 Å². The Kier molecular flexibility index (Phi) is 10.9. The molecule has 1 saturated heterocycles. The quantitative estimate of drug-likeness (QED) is 0.333. The van der Waals surface area contributed by atoms with Crippen molar-refractivity contribution in [3.8, 4) is 18.6 Å². The first-order chi connectivity index (χ1) is 16.1. The third-order valence-electron chi connectivity index (χ3n) is 4.87. The number of hydrogen-bond acceptors (Lipinski definition) is 9. The number of rotatable bonds is 8. The smallest absolute Gasteiger partial charge is 0.188 e. The van der Waals surface area contributed by atoms with Gasteiger partial charge in [-0.25, -0.2) is 8.51 Å². The second-order valence-electron chi connectivity index (χ2n) is 6.83. The summed E-state index contributed by atoms with van der Waals surface area (Å²) in [6.45, 7) is 9.27. The van der Waals surface area contributed by atoms with Crippen molar-refractivity contribution in [1.82, 2.24) is 13.1 Å². The molecule has 1 aliphatic heterocycles. The zero-order valence-electron chi connectivity index (χ0n) is 19.3. The van der Waals surface area contributed by atoms with Crippen molar-refractivity contribution < 1.29 is 13.7 Å². The minimum Gasteiger partial charge on any atom is -0.504 e. The number of furan rings is 1. The van der Waals surface area contributed by atoms with Gasteiger partial charge in [-0.1, -0.05) is 20.8 Å². The number of nitrogens with one attached hydrogen (secondary N) is 2. The molecule has 0 aromatic carbocycles. The summed E-state index contributed by atoms with van der Waals surface area (Å²) in [5.74, 6) is 2.74. The number of aromatic nitrogens is 2. The standard InChI is InChI=1S/C18H23N5O3S3.C2H6.C2H2/c1-3-12-5-4-8-23(12)29(25)18-15(24)14(10-27-18)20-17-16(21-28-22-17)19-9-13-7-6-11(2)26-13;2*1-2/h6-7,10,12,24H,3-5,8-9H2,1-2H3,(H,19,21)(H,20,22);1-2H3;1-2H. The highest BCUT2D eigenvalue weighted by molar-refractivity contribution is 7.85. The highest BCUT2D eigenvalue weighted by Gasteiger charge is 2.31. The maximum absolute atomic E-state index is 13.0. The second-order valence-corrected chi connectivity index (χ2v) is 9.87. The molecule has 0 spiro atoms. The average Bonchev–Trinajstić information content (AvgIpc) is 3.64. The molecule has 33 heavy (non-hydrogen) atoms. The average molecular weight is 510 g/mol. The maximum atomic E-state index is 13.0. The lowest BCUT2D eigenvalue weighted by Crippen LogP contribution is -2.30. The molecule has 0 aliphatic carbocycles. The van der Waals surface area contributed by atoms with Gasteiger partial charge in [0.05, 0.1) is 24.0 Å². The summed E-state index contributed by atoms with van der Waals surface area (Å²) in [7, 11) is -1.36. The fourth-order valence-corrected chi connectivity index (χ4v) is 6.53. The summed E-state index contributed by atoms with van der Waals surface area (Å²) in [5, 5.41) is 18.7. The number of terminal acetylenes is 1. The van der Waals surface area contributed by atoms with E-state index in [1.165, 1.54) is 11.3 Å². The van der Waals surface area contributed by atoms with Gasteiger partial charge in [0.1, 0.15) is 22.5 Å². The van der Waals surface area contributed by atoms with Crippen molar-refractivity contribution in [2.45, 2.75) is 63.8 Å². The van der Waals surface area contributed by atoms with Gasteiger partial charge in [0, 0.05) is 18.0 Å². The number of anilines is 3. The molecule has 2 atom stereocenters. The molecule has 0 radical (unpaired) electrons. The van der Waals surface area contributed by atoms with Gasteiger partial charge in [-0.05, 0) is 38.3 Å². The highest BCUT2D eigenvalue weighted by atomic mass is 32.2. The molecule has 0 amide bonds. The van der Waals surface area contributed by atoms with Crippen LogP contribution >= 0.6 is 23.1 Å². The normalized spacial score (nSPS) is 16.2. The van der Waals surface area contributed by atoms with Crippen LogP contribution in [0.4, 0.5) is 17.3 Å². The Hall–Kier alpha value is -2.39. The first-order valence-corrected chi connectivity index (χ1v) is 13.5. The number of aryl methyl sites for hydroxylation is 1. The molecule has 180 valence electrons. The number of hydrogen-bond donors (Lipinski definition) is 3. The summed E-state index contributed by atoms with van der Waals surface area (Å²) >= 11 is 2.36. The topological polar surface area (TPSA) is 104 Å². The van der Waals surface area contributed by atoms with Crippen LogP contribution in [0, 0.1) is 19.8 Å². The summed E-state index contributed by atoms with van der Waals surface area (Å²) in [6, 6.07) is 4.12. The van der Waals surface area contributed by atoms with E-state index in [1.807, 2.05) is 37.2 Å². The zero-order chi connectivity index (χ0) is 24.4. The molecule has 4 heterocycles. The summed E-state index contributed by atoms with van der Waals surface area (Å²) in [6.07, 6.45) is 11.0. The Bertz CT molecular complexity index is 1040. The Labute approximate surface area is 206 Å². The first kappa shape index (κ1) is 26.9. The molecule has 0 bridgehead atoms. The highest BCUT2D eigenvalue weighted by Crippen LogP contribution is 2.41. The molecule has 1 aliphatic rings. The largest absolute Gasteiger partial charge is 0.504 e. The third kappa shape index (κ3) is 6.57. The van der Waals surface area contributed by atoms with Crippen LogP contribution in [-0.2, 0) is 17.5 Å². The van der Waals surface area contributed by atoms with Gasteiger partial charge >= 0.3 is 0 Å². The van der Waals surface area contributed by atoms with Crippen molar-refractivity contribution in [1.29, 1.82) is 0 Å². The zero-order valence-corrected chi connectivity index (χ0v) is 21.8. The van der Waals surface area contributed by atoms with Crippen LogP contribution in [0.1, 0.15) is 51.6 Å². The van der Waals surface area contributed by atoms with Crippen LogP contribution < -0.4 is 10.6 Å². The maximum Gasteiger partial charge on any atom is 0.188 e. The molecule has 1 fully saturated rings. The van der Waals surface area contributed by atoms with E-state index >= 15 is 0 Å². The van der Waals surface area contributed by atoms with Crippen molar-refractivity contribution in [2.75, 3.05) is 17.2 Å². The van der Waals surface area contributed by atoms with Crippen LogP contribution in [0.25, 0.3) is 0 Å². The summed E-state index contributed by atoms with van der Waals surface area (Å²) < 4.78 is 29.5. The number of thiophene rings is 1. The van der Waals surface area contributed by atoms with Gasteiger partial charge in [-0.2, -0.15) is 8.75 Å². The predicted molar refractivity (Wildman–Crippen MR) is 138 cm³/mol. The minimum absolute atomic E-state index is 0.00990. The molecule has 11 heteroatoms. The van der Waals surface area contributed by atoms with E-state index in [1.54, 1.807) is 5.38 Å². The van der Waals surface area contributed by atoms with Crippen molar-refractivity contribution >= 4 is 51.4 Å². The SMILES string of the molecule is C#C.CC.CCC1CCCN1S(=O)c1scc(Nc2nsnc2NCc2ccc(C)o2)c1O. The van der Waals surface area contributed by atoms with Crippen LogP contribution in [-0.4, -0.2) is 35.0 Å². The van der Waals surface area contributed by atoms with Gasteiger partial charge < -0.3 is 20.2 Å². The van der Waals surface area contributed by atoms with Gasteiger partial charge in [0.15, 0.2) is 21.6 Å². The molecule has 4 rings (SSSR count). The second kappa shape index (κ2) is 13.3. The van der Waals surface area contributed by atoms with Gasteiger partial charge in [-0.3, -0.25) is 0 Å². The van der Waals surface area contributed by atoms with Crippen LogP contribution in [0.15, 0.2) is 26.1 Å². The Morgan fingerprint density at radius 2 is 2.03 bits per heavy atom. The Morgan fingerprint density at radius 1 is 1.30 bits per heavy atom. The molecule has 3 aromatic heterocycles. The Morgan fingerprint density at radius 3 is 2.70 bits per heavy atom. The van der Waals surface area contributed by atoms with Crippen molar-refractivity contribution in [3.63, 3.8) is 0 Å². The molecule has 8 nitrogen and oxygen atoms in total. The molecule has 3 aromatic rings. The molecule has 2 unspecified atom stereocenters. The lowest BCUT2D eigenvalue weighted by Gasteiger charge is -2.21. The van der Waals surface area contributed by atoms with Gasteiger partial charge in [-0.15, -0.1) is 24.2 Å². The fraction of sp³-hybridized carbons (Fsp3) is 0.455.